The van der Waals surface area contributed by atoms with E-state index in [-0.39, 0.29) is 17.9 Å². The normalized spacial score (nSPS) is 22.6. The summed E-state index contributed by atoms with van der Waals surface area (Å²) in [6, 6.07) is 0.0736. The molecule has 6 nitrogen and oxygen atoms in total. The Hall–Kier alpha value is -1.14. The van der Waals surface area contributed by atoms with Gasteiger partial charge in [0, 0.05) is 32.0 Å². The molecular weight excluding hydrogens is 284 g/mol. The van der Waals surface area contributed by atoms with Crippen LogP contribution in [0.1, 0.15) is 47.0 Å². The third-order valence-electron chi connectivity index (χ3n) is 4.72. The number of carbonyl (C=O) groups excluding carboxylic acids is 2. The van der Waals surface area contributed by atoms with Gasteiger partial charge < -0.3 is 19.7 Å². The van der Waals surface area contributed by atoms with Gasteiger partial charge in [-0.1, -0.05) is 6.92 Å². The molecule has 0 aromatic carbocycles. The molecule has 0 saturated carbocycles. The molecule has 2 heterocycles. The largest absolute Gasteiger partial charge is 0.353 e. The van der Waals surface area contributed by atoms with Crippen molar-refractivity contribution in [3.63, 3.8) is 0 Å². The van der Waals surface area contributed by atoms with Gasteiger partial charge in [-0.3, -0.25) is 9.59 Å². The molecule has 1 atom stereocenters. The van der Waals surface area contributed by atoms with Crippen LogP contribution in [0, 0.1) is 5.41 Å². The monoisotopic (exact) mass is 312 g/mol. The lowest BCUT2D eigenvalue weighted by atomic mass is 9.88. The number of amides is 2. The zero-order valence-electron chi connectivity index (χ0n) is 14.1. The molecule has 22 heavy (non-hydrogen) atoms. The van der Waals surface area contributed by atoms with Crippen LogP contribution in [0.15, 0.2) is 0 Å². The first-order valence-electron chi connectivity index (χ1n) is 8.19. The van der Waals surface area contributed by atoms with E-state index in [0.717, 1.165) is 6.42 Å². The molecule has 2 fully saturated rings. The summed E-state index contributed by atoms with van der Waals surface area (Å²) in [7, 11) is 0. The van der Waals surface area contributed by atoms with Gasteiger partial charge >= 0.3 is 0 Å². The fourth-order valence-corrected chi connectivity index (χ4v) is 2.83. The molecule has 2 rings (SSSR count). The van der Waals surface area contributed by atoms with Crippen molar-refractivity contribution in [1.82, 2.24) is 10.2 Å². The van der Waals surface area contributed by atoms with Crippen molar-refractivity contribution in [2.75, 3.05) is 26.3 Å². The van der Waals surface area contributed by atoms with Crippen LogP contribution >= 0.6 is 0 Å². The Morgan fingerprint density at radius 3 is 2.27 bits per heavy atom. The van der Waals surface area contributed by atoms with Crippen molar-refractivity contribution in [3.8, 4) is 0 Å². The molecule has 0 radical (unpaired) electrons. The molecule has 1 N–H and O–H groups in total. The Bertz CT molecular complexity index is 420. The number of piperidine rings is 1. The van der Waals surface area contributed by atoms with Crippen molar-refractivity contribution < 1.29 is 19.1 Å². The number of hydrogen-bond acceptors (Lipinski definition) is 4. The van der Waals surface area contributed by atoms with Crippen LogP contribution in [0.4, 0.5) is 0 Å². The number of nitrogens with one attached hydrogen (secondary N) is 1. The molecule has 2 aliphatic heterocycles. The van der Waals surface area contributed by atoms with E-state index in [4.69, 9.17) is 9.47 Å². The molecule has 2 amide bonds. The summed E-state index contributed by atoms with van der Waals surface area (Å²) in [5.41, 5.74) is -1.05. The number of nitrogens with zero attached hydrogens (tertiary/aromatic N) is 1. The summed E-state index contributed by atoms with van der Waals surface area (Å²) in [4.78, 5) is 26.8. The van der Waals surface area contributed by atoms with Gasteiger partial charge in [0.1, 0.15) is 5.41 Å². The maximum absolute atomic E-state index is 12.7. The average Bonchev–Trinajstić information content (AvgIpc) is 2.95. The highest BCUT2D eigenvalue weighted by atomic mass is 16.7. The van der Waals surface area contributed by atoms with Crippen LogP contribution in [0.25, 0.3) is 0 Å². The summed E-state index contributed by atoms with van der Waals surface area (Å²) >= 11 is 0. The van der Waals surface area contributed by atoms with E-state index in [1.165, 1.54) is 0 Å². The summed E-state index contributed by atoms with van der Waals surface area (Å²) in [6.07, 6.45) is 2.18. The quantitative estimate of drug-likeness (QED) is 0.794. The Labute approximate surface area is 132 Å². The maximum atomic E-state index is 12.7. The Morgan fingerprint density at radius 1 is 1.23 bits per heavy atom. The van der Waals surface area contributed by atoms with Crippen molar-refractivity contribution in [1.29, 1.82) is 0 Å². The number of hydrogen-bond donors (Lipinski definition) is 1. The third-order valence-corrected chi connectivity index (χ3v) is 4.72. The number of rotatable bonds is 4. The van der Waals surface area contributed by atoms with Gasteiger partial charge in [0.2, 0.25) is 11.8 Å². The van der Waals surface area contributed by atoms with Crippen LogP contribution in [-0.2, 0) is 19.1 Å². The predicted molar refractivity (Wildman–Crippen MR) is 82.1 cm³/mol. The molecule has 2 aliphatic rings. The summed E-state index contributed by atoms with van der Waals surface area (Å²) in [6.45, 7) is 9.72. The Balaban J connectivity index is 1.94. The van der Waals surface area contributed by atoms with Crippen molar-refractivity contribution >= 4 is 11.8 Å². The fraction of sp³-hybridized carbons (Fsp3) is 0.875. The van der Waals surface area contributed by atoms with Gasteiger partial charge in [-0.2, -0.15) is 0 Å². The second-order valence-corrected chi connectivity index (χ2v) is 6.81. The fourth-order valence-electron chi connectivity index (χ4n) is 2.83. The average molecular weight is 312 g/mol. The lowest BCUT2D eigenvalue weighted by molar-refractivity contribution is -0.189. The molecule has 0 bridgehead atoms. The van der Waals surface area contributed by atoms with Gasteiger partial charge in [0.25, 0.3) is 0 Å². The predicted octanol–water partition coefficient (Wildman–Crippen LogP) is 1.29. The molecule has 126 valence electrons. The molecule has 1 spiro atoms. The highest BCUT2D eigenvalue weighted by Crippen LogP contribution is 2.33. The van der Waals surface area contributed by atoms with Gasteiger partial charge in [-0.25, -0.2) is 0 Å². The summed E-state index contributed by atoms with van der Waals surface area (Å²) in [5.74, 6) is -0.832. The first-order valence-corrected chi connectivity index (χ1v) is 8.19. The highest BCUT2D eigenvalue weighted by molar-refractivity contribution is 6.04. The lowest BCUT2D eigenvalue weighted by Crippen LogP contribution is -2.55. The van der Waals surface area contributed by atoms with E-state index >= 15 is 0 Å². The minimum Gasteiger partial charge on any atom is -0.353 e. The second kappa shape index (κ2) is 6.54. The number of carbonyl (C=O) groups is 2. The first-order chi connectivity index (χ1) is 10.3. The SMILES string of the molecule is CCC(C)NC(=O)C(C)(C)C(=O)N1CCC2(CC1)OCCO2. The molecule has 1 unspecified atom stereocenters. The smallest absolute Gasteiger partial charge is 0.237 e. The van der Waals surface area contributed by atoms with Gasteiger partial charge in [-0.05, 0) is 27.2 Å². The number of ether oxygens (including phenoxy) is 2. The van der Waals surface area contributed by atoms with E-state index in [0.29, 0.717) is 39.1 Å². The van der Waals surface area contributed by atoms with Crippen LogP contribution < -0.4 is 5.32 Å². The Morgan fingerprint density at radius 2 is 1.77 bits per heavy atom. The zero-order chi connectivity index (χ0) is 16.4. The standard InChI is InChI=1S/C16H28N2O4/c1-5-12(2)17-13(19)15(3,4)14(20)18-8-6-16(7-9-18)21-10-11-22-16/h12H,5-11H2,1-4H3,(H,17,19). The van der Waals surface area contributed by atoms with E-state index in [1.807, 2.05) is 13.8 Å². The molecule has 6 heteroatoms. The van der Waals surface area contributed by atoms with Crippen molar-refractivity contribution in [3.05, 3.63) is 0 Å². The maximum Gasteiger partial charge on any atom is 0.237 e. The van der Waals surface area contributed by atoms with Crippen LogP contribution in [0.2, 0.25) is 0 Å². The van der Waals surface area contributed by atoms with E-state index in [9.17, 15) is 9.59 Å². The minimum atomic E-state index is -1.05. The van der Waals surface area contributed by atoms with Crippen LogP contribution in [0.3, 0.4) is 0 Å². The topological polar surface area (TPSA) is 67.9 Å². The molecular formula is C16H28N2O4. The molecule has 2 saturated heterocycles. The molecule has 0 aromatic heterocycles. The molecule has 0 aliphatic carbocycles. The van der Waals surface area contributed by atoms with E-state index in [1.54, 1.807) is 18.7 Å². The summed E-state index contributed by atoms with van der Waals surface area (Å²) < 4.78 is 11.3. The minimum absolute atomic E-state index is 0.0736. The van der Waals surface area contributed by atoms with Gasteiger partial charge in [-0.15, -0.1) is 0 Å². The van der Waals surface area contributed by atoms with Crippen LogP contribution in [0.5, 0.6) is 0 Å². The van der Waals surface area contributed by atoms with E-state index in [2.05, 4.69) is 5.32 Å². The highest BCUT2D eigenvalue weighted by Gasteiger charge is 2.45. The van der Waals surface area contributed by atoms with Gasteiger partial charge in [0.15, 0.2) is 5.79 Å². The Kier molecular flexibility index (Phi) is 5.12. The zero-order valence-corrected chi connectivity index (χ0v) is 14.1. The number of likely N-dealkylation sites (tertiary alicyclic amines) is 1. The van der Waals surface area contributed by atoms with Crippen LogP contribution in [-0.4, -0.2) is 54.8 Å². The second-order valence-electron chi connectivity index (χ2n) is 6.81. The van der Waals surface area contributed by atoms with Crippen molar-refractivity contribution in [2.45, 2.75) is 58.8 Å². The summed E-state index contributed by atoms with van der Waals surface area (Å²) in [5, 5.41) is 2.90. The molecule has 0 aromatic rings. The third kappa shape index (κ3) is 3.43. The first kappa shape index (κ1) is 17.2. The lowest BCUT2D eigenvalue weighted by Gasteiger charge is -2.40. The van der Waals surface area contributed by atoms with Gasteiger partial charge in [0.05, 0.1) is 13.2 Å². The van der Waals surface area contributed by atoms with Crippen molar-refractivity contribution in [2.24, 2.45) is 5.41 Å². The van der Waals surface area contributed by atoms with E-state index < -0.39 is 11.2 Å².